The molecule has 2 heterocycles. The summed E-state index contributed by atoms with van der Waals surface area (Å²) in [6.45, 7) is 1.73. The average Bonchev–Trinajstić information content (AvgIpc) is 3.08. The molecule has 1 fully saturated rings. The lowest BCUT2D eigenvalue weighted by molar-refractivity contribution is 0.0762. The Morgan fingerprint density at radius 1 is 0.966 bits per heavy atom. The molecule has 29 heavy (non-hydrogen) atoms. The van der Waals surface area contributed by atoms with Gasteiger partial charge in [-0.2, -0.15) is 0 Å². The number of benzene rings is 2. The second-order valence-electron chi connectivity index (χ2n) is 8.47. The first-order chi connectivity index (χ1) is 14.2. The zero-order valence-corrected chi connectivity index (χ0v) is 17.4. The van der Waals surface area contributed by atoms with Crippen LogP contribution in [-0.4, -0.2) is 23.9 Å². The van der Waals surface area contributed by atoms with Gasteiger partial charge in [0.05, 0.1) is 17.3 Å². The minimum atomic E-state index is 0.106. The summed E-state index contributed by atoms with van der Waals surface area (Å²) >= 11 is 6.58. The largest absolute Gasteiger partial charge is 0.377 e. The summed E-state index contributed by atoms with van der Waals surface area (Å²) in [5.41, 5.74) is 4.17. The molecule has 4 heteroatoms. The van der Waals surface area contributed by atoms with Gasteiger partial charge in [0.15, 0.2) is 0 Å². The van der Waals surface area contributed by atoms with Crippen molar-refractivity contribution in [1.82, 2.24) is 4.90 Å². The zero-order chi connectivity index (χ0) is 19.8. The van der Waals surface area contributed by atoms with E-state index in [0.29, 0.717) is 11.8 Å². The van der Waals surface area contributed by atoms with Gasteiger partial charge in [-0.1, -0.05) is 66.9 Å². The van der Waals surface area contributed by atoms with Crippen LogP contribution in [0.3, 0.4) is 0 Å². The van der Waals surface area contributed by atoms with Gasteiger partial charge in [-0.25, -0.2) is 0 Å². The van der Waals surface area contributed by atoms with E-state index in [0.717, 1.165) is 54.2 Å². The van der Waals surface area contributed by atoms with Crippen molar-refractivity contribution in [3.63, 3.8) is 0 Å². The molecule has 150 valence electrons. The Kier molecular flexibility index (Phi) is 5.09. The minimum absolute atomic E-state index is 0.106. The third-order valence-corrected chi connectivity index (χ3v) is 7.10. The van der Waals surface area contributed by atoms with E-state index in [1.165, 1.54) is 18.4 Å². The predicted octanol–water partition coefficient (Wildman–Crippen LogP) is 6.18. The van der Waals surface area contributed by atoms with Crippen LogP contribution in [0.5, 0.6) is 0 Å². The first-order valence-corrected chi connectivity index (χ1v) is 11.2. The predicted molar refractivity (Wildman–Crippen MR) is 119 cm³/mol. The van der Waals surface area contributed by atoms with Gasteiger partial charge < -0.3 is 10.2 Å². The SMILES string of the molecule is O=C(c1cccc2c1NC(c1ccccc1Cl)C1CC=CC21)N1CCCCCC1. The van der Waals surface area contributed by atoms with Crippen molar-refractivity contribution >= 4 is 23.2 Å². The molecule has 2 aromatic carbocycles. The number of rotatable bonds is 2. The Labute approximate surface area is 177 Å². The molecule has 0 radical (unpaired) electrons. The Hall–Kier alpha value is -2.26. The lowest BCUT2D eigenvalue weighted by Crippen LogP contribution is -2.35. The van der Waals surface area contributed by atoms with E-state index >= 15 is 0 Å². The van der Waals surface area contributed by atoms with Gasteiger partial charge >= 0.3 is 0 Å². The number of fused-ring (bicyclic) bond motifs is 3. The number of amides is 1. The van der Waals surface area contributed by atoms with Crippen LogP contribution in [0, 0.1) is 5.92 Å². The van der Waals surface area contributed by atoms with Crippen molar-refractivity contribution in [2.24, 2.45) is 5.92 Å². The summed E-state index contributed by atoms with van der Waals surface area (Å²) in [5.74, 6) is 0.907. The molecule has 0 bridgehead atoms. The number of nitrogens with one attached hydrogen (secondary N) is 1. The lowest BCUT2D eigenvalue weighted by Gasteiger charge is -2.39. The molecule has 1 saturated heterocycles. The maximum atomic E-state index is 13.5. The molecule has 0 spiro atoms. The number of allylic oxidation sites excluding steroid dienone is 2. The van der Waals surface area contributed by atoms with Gasteiger partial charge in [-0.15, -0.1) is 0 Å². The van der Waals surface area contributed by atoms with E-state index in [4.69, 9.17) is 11.6 Å². The van der Waals surface area contributed by atoms with E-state index < -0.39 is 0 Å². The zero-order valence-electron chi connectivity index (χ0n) is 16.6. The van der Waals surface area contributed by atoms with E-state index in [2.05, 4.69) is 29.6 Å². The van der Waals surface area contributed by atoms with Gasteiger partial charge in [0.25, 0.3) is 5.91 Å². The van der Waals surface area contributed by atoms with Crippen LogP contribution in [-0.2, 0) is 0 Å². The fourth-order valence-corrected chi connectivity index (χ4v) is 5.53. The van der Waals surface area contributed by atoms with Crippen molar-refractivity contribution in [2.45, 2.75) is 44.1 Å². The molecule has 1 N–H and O–H groups in total. The number of likely N-dealkylation sites (tertiary alicyclic amines) is 1. The highest BCUT2D eigenvalue weighted by molar-refractivity contribution is 6.31. The molecule has 1 aliphatic carbocycles. The van der Waals surface area contributed by atoms with Gasteiger partial charge in [-0.3, -0.25) is 4.79 Å². The van der Waals surface area contributed by atoms with Crippen LogP contribution >= 0.6 is 11.6 Å². The summed E-state index contributed by atoms with van der Waals surface area (Å²) in [4.78, 5) is 15.5. The van der Waals surface area contributed by atoms with E-state index in [-0.39, 0.29) is 11.9 Å². The molecule has 5 rings (SSSR count). The van der Waals surface area contributed by atoms with Gasteiger partial charge in [0.2, 0.25) is 0 Å². The second-order valence-corrected chi connectivity index (χ2v) is 8.88. The van der Waals surface area contributed by atoms with Crippen LogP contribution in [0.4, 0.5) is 5.69 Å². The third kappa shape index (κ3) is 3.36. The minimum Gasteiger partial charge on any atom is -0.377 e. The molecule has 3 atom stereocenters. The quantitative estimate of drug-likeness (QED) is 0.603. The second kappa shape index (κ2) is 7.87. The first-order valence-electron chi connectivity index (χ1n) is 10.8. The van der Waals surface area contributed by atoms with Crippen LogP contribution < -0.4 is 5.32 Å². The Morgan fingerprint density at radius 2 is 1.72 bits per heavy atom. The van der Waals surface area contributed by atoms with E-state index in [9.17, 15) is 4.79 Å². The van der Waals surface area contributed by atoms with Crippen molar-refractivity contribution in [1.29, 1.82) is 0 Å². The molecular weight excluding hydrogens is 380 g/mol. The summed E-state index contributed by atoms with van der Waals surface area (Å²) in [6, 6.07) is 14.4. The topological polar surface area (TPSA) is 32.3 Å². The summed E-state index contributed by atoms with van der Waals surface area (Å²) in [5, 5.41) is 4.55. The van der Waals surface area contributed by atoms with E-state index in [1.807, 2.05) is 35.2 Å². The molecule has 3 unspecified atom stereocenters. The summed E-state index contributed by atoms with van der Waals surface area (Å²) < 4.78 is 0. The van der Waals surface area contributed by atoms with Gasteiger partial charge in [-0.05, 0) is 48.4 Å². The lowest BCUT2D eigenvalue weighted by atomic mass is 9.76. The molecule has 0 aromatic heterocycles. The van der Waals surface area contributed by atoms with Crippen LogP contribution in [0.15, 0.2) is 54.6 Å². The number of para-hydroxylation sites is 1. The molecular formula is C25H27ClN2O. The number of halogens is 1. The Balaban J connectivity index is 1.56. The van der Waals surface area contributed by atoms with Crippen molar-refractivity contribution in [3.05, 3.63) is 76.3 Å². The summed E-state index contributed by atoms with van der Waals surface area (Å²) in [7, 11) is 0. The highest BCUT2D eigenvalue weighted by atomic mass is 35.5. The van der Waals surface area contributed by atoms with Gasteiger partial charge in [0.1, 0.15) is 0 Å². The Bertz CT molecular complexity index is 946. The fraction of sp³-hybridized carbons (Fsp3) is 0.400. The molecule has 0 saturated carbocycles. The normalized spacial score (nSPS) is 25.7. The van der Waals surface area contributed by atoms with E-state index in [1.54, 1.807) is 0 Å². The number of carbonyl (C=O) groups excluding carboxylic acids is 1. The van der Waals surface area contributed by atoms with Crippen molar-refractivity contribution in [3.8, 4) is 0 Å². The number of nitrogens with zero attached hydrogens (tertiary/aromatic N) is 1. The maximum Gasteiger partial charge on any atom is 0.255 e. The fourth-order valence-electron chi connectivity index (χ4n) is 5.28. The highest BCUT2D eigenvalue weighted by Crippen LogP contribution is 2.51. The molecule has 2 aliphatic heterocycles. The monoisotopic (exact) mass is 406 g/mol. The first kappa shape index (κ1) is 18.7. The molecule has 3 aliphatic rings. The molecule has 2 aromatic rings. The number of carbonyl (C=O) groups is 1. The van der Waals surface area contributed by atoms with Crippen LogP contribution in [0.1, 0.15) is 65.5 Å². The Morgan fingerprint density at radius 3 is 2.52 bits per heavy atom. The number of hydrogen-bond acceptors (Lipinski definition) is 2. The molecule has 3 nitrogen and oxygen atoms in total. The van der Waals surface area contributed by atoms with Crippen molar-refractivity contribution in [2.75, 3.05) is 18.4 Å². The summed E-state index contributed by atoms with van der Waals surface area (Å²) in [6.07, 6.45) is 10.3. The standard InChI is InChI=1S/C25H27ClN2O/c26-22-14-4-3-9-20(22)23-18-11-7-10-17(18)19-12-8-13-21(24(19)27-23)25(29)28-15-5-1-2-6-16-28/h3-4,7-10,12-14,17-18,23,27H,1-2,5-6,11,15-16H2. The highest BCUT2D eigenvalue weighted by Gasteiger charge is 2.40. The smallest absolute Gasteiger partial charge is 0.255 e. The maximum absolute atomic E-state index is 13.5. The number of anilines is 1. The van der Waals surface area contributed by atoms with Crippen LogP contribution in [0.25, 0.3) is 0 Å². The molecule has 1 amide bonds. The van der Waals surface area contributed by atoms with Crippen LogP contribution in [0.2, 0.25) is 5.02 Å². The van der Waals surface area contributed by atoms with Gasteiger partial charge in [0, 0.05) is 24.0 Å². The van der Waals surface area contributed by atoms with Crippen molar-refractivity contribution < 1.29 is 4.79 Å². The average molecular weight is 407 g/mol. The third-order valence-electron chi connectivity index (χ3n) is 6.76. The number of hydrogen-bond donors (Lipinski definition) is 1.